The zero-order valence-corrected chi connectivity index (χ0v) is 11.7. The third-order valence-corrected chi connectivity index (χ3v) is 1.21. The van der Waals surface area contributed by atoms with E-state index in [9.17, 15) is 0 Å². The van der Waals surface area contributed by atoms with E-state index in [0.29, 0.717) is 0 Å². The second-order valence-corrected chi connectivity index (χ2v) is 1.80. The van der Waals surface area contributed by atoms with E-state index >= 15 is 0 Å². The van der Waals surface area contributed by atoms with Crippen LogP contribution in [0.1, 0.15) is 0 Å². The van der Waals surface area contributed by atoms with E-state index in [1.165, 1.54) is 16.3 Å². The quantitative estimate of drug-likeness (QED) is 0.612. The molecule has 0 unspecified atom stereocenters. The van der Waals surface area contributed by atoms with Crippen molar-refractivity contribution in [2.75, 3.05) is 14.2 Å². The van der Waals surface area contributed by atoms with Crippen LogP contribution in [0.5, 0.6) is 11.5 Å². The number of ether oxygens (including phenoxy) is 2. The molecular weight excluding hydrogens is 273 g/mol. The van der Waals surface area contributed by atoms with Gasteiger partial charge in [-0.25, -0.2) is 0 Å². The van der Waals surface area contributed by atoms with Crippen LogP contribution < -0.4 is 9.47 Å². The van der Waals surface area contributed by atoms with E-state index < -0.39 is 0 Å². The van der Waals surface area contributed by atoms with E-state index in [0.717, 1.165) is 11.5 Å². The number of benzene rings is 1. The van der Waals surface area contributed by atoms with Crippen LogP contribution >= 0.6 is 13.6 Å². The Hall–Kier alpha value is -0.0766. The van der Waals surface area contributed by atoms with Gasteiger partial charge in [-0.1, -0.05) is 0 Å². The van der Waals surface area contributed by atoms with Crippen LogP contribution in [0, 0.1) is 6.07 Å². The SMILES string of the molecule is COc1[c-]cc(OC)cc1.[Zn+][Br]. The van der Waals surface area contributed by atoms with Gasteiger partial charge < -0.3 is 9.47 Å². The van der Waals surface area contributed by atoms with Gasteiger partial charge >= 0.3 is 30.0 Å². The zero-order chi connectivity index (χ0) is 9.40. The molecule has 0 bridgehead atoms. The number of halogens is 1. The maximum atomic E-state index is 4.93. The van der Waals surface area contributed by atoms with Crippen LogP contribution in [-0.4, -0.2) is 14.2 Å². The number of hydrogen-bond acceptors (Lipinski definition) is 2. The van der Waals surface area contributed by atoms with Crippen molar-refractivity contribution in [1.82, 2.24) is 0 Å². The maximum absolute atomic E-state index is 4.93. The van der Waals surface area contributed by atoms with Crippen molar-refractivity contribution >= 4 is 13.6 Å². The molecule has 0 heterocycles. The van der Waals surface area contributed by atoms with Gasteiger partial charge in [0.25, 0.3) is 0 Å². The standard InChI is InChI=1S/C8H9O2.BrH.Zn/c1-9-7-3-5-8(10-2)6-4-7;;/h3-5H,1-2H3;1H;/q-1;;+2/p-1. The molecule has 0 saturated heterocycles. The summed E-state index contributed by atoms with van der Waals surface area (Å²) in [5, 5.41) is 0. The molecule has 62 valence electrons. The van der Waals surface area contributed by atoms with E-state index in [2.05, 4.69) is 19.7 Å². The van der Waals surface area contributed by atoms with Crippen LogP contribution in [0.4, 0.5) is 0 Å². The topological polar surface area (TPSA) is 18.5 Å². The first-order valence-electron chi connectivity index (χ1n) is 3.23. The summed E-state index contributed by atoms with van der Waals surface area (Å²) in [5.74, 6) is 1.52. The Kier molecular flexibility index (Phi) is 7.52. The van der Waals surface area contributed by atoms with Crippen LogP contribution in [0.3, 0.4) is 0 Å². The van der Waals surface area contributed by atoms with E-state index in [-0.39, 0.29) is 0 Å². The summed E-state index contributed by atoms with van der Waals surface area (Å²) >= 11 is 4.25. The average molecular weight is 282 g/mol. The van der Waals surface area contributed by atoms with Gasteiger partial charge in [0.1, 0.15) is 0 Å². The molecule has 4 heteroatoms. The Bertz CT molecular complexity index is 178. The Morgan fingerprint density at radius 2 is 1.92 bits per heavy atom. The fourth-order valence-corrected chi connectivity index (χ4v) is 0.650. The average Bonchev–Trinajstić information content (AvgIpc) is 2.21. The van der Waals surface area contributed by atoms with Gasteiger partial charge in [-0.15, -0.1) is 24.3 Å². The molecule has 0 N–H and O–H groups in total. The molecule has 1 aromatic carbocycles. The Balaban J connectivity index is 0.000000561. The number of methoxy groups -OCH3 is 2. The summed E-state index contributed by atoms with van der Waals surface area (Å²) in [6, 6.07) is 8.26. The van der Waals surface area contributed by atoms with Gasteiger partial charge in [0.2, 0.25) is 0 Å². The van der Waals surface area contributed by atoms with Crippen molar-refractivity contribution in [1.29, 1.82) is 0 Å². The first-order valence-corrected chi connectivity index (χ1v) is 10.2. The molecule has 1 rings (SSSR count). The Morgan fingerprint density at radius 1 is 1.25 bits per heavy atom. The molecule has 0 aliphatic heterocycles. The predicted octanol–water partition coefficient (Wildman–Crippen LogP) is 2.35. The van der Waals surface area contributed by atoms with E-state index in [1.807, 2.05) is 6.07 Å². The molecule has 1 aromatic rings. The van der Waals surface area contributed by atoms with Gasteiger partial charge in [-0.05, 0) is 0 Å². The van der Waals surface area contributed by atoms with Crippen molar-refractivity contribution in [3.63, 3.8) is 0 Å². The van der Waals surface area contributed by atoms with Crippen molar-refractivity contribution in [2.24, 2.45) is 0 Å². The molecule has 0 radical (unpaired) electrons. The van der Waals surface area contributed by atoms with Crippen molar-refractivity contribution in [2.45, 2.75) is 0 Å². The third-order valence-electron chi connectivity index (χ3n) is 1.21. The molecule has 0 spiro atoms. The summed E-state index contributed by atoms with van der Waals surface area (Å²) in [5.41, 5.74) is 0. The Labute approximate surface area is 89.3 Å². The van der Waals surface area contributed by atoms with Crippen molar-refractivity contribution in [3.05, 3.63) is 24.3 Å². The summed E-state index contributed by atoms with van der Waals surface area (Å²) in [4.78, 5) is 0. The van der Waals surface area contributed by atoms with Gasteiger partial charge in [0, 0.05) is 11.5 Å². The monoisotopic (exact) mass is 280 g/mol. The zero-order valence-electron chi connectivity index (χ0n) is 7.13. The number of hydrogen-bond donors (Lipinski definition) is 0. The van der Waals surface area contributed by atoms with Crippen LogP contribution in [-0.2, 0) is 16.3 Å². The molecular formula is C8H9BrO2Zn. The van der Waals surface area contributed by atoms with Crippen molar-refractivity contribution < 1.29 is 25.8 Å². The molecule has 2 nitrogen and oxygen atoms in total. The first kappa shape index (κ1) is 11.9. The van der Waals surface area contributed by atoms with E-state index in [1.54, 1.807) is 26.4 Å². The fraction of sp³-hybridized carbons (Fsp3) is 0.250. The summed E-state index contributed by atoms with van der Waals surface area (Å²) < 4.78 is 9.83. The van der Waals surface area contributed by atoms with Gasteiger partial charge in [-0.2, -0.15) is 0 Å². The van der Waals surface area contributed by atoms with E-state index in [4.69, 9.17) is 9.47 Å². The molecule has 0 fully saturated rings. The summed E-state index contributed by atoms with van der Waals surface area (Å²) in [6.45, 7) is 0. The molecule has 0 atom stereocenters. The molecule has 0 saturated carbocycles. The fourth-order valence-electron chi connectivity index (χ4n) is 0.650. The molecule has 0 aliphatic rings. The minimum absolute atomic E-state index is 0.723. The summed E-state index contributed by atoms with van der Waals surface area (Å²) in [7, 11) is 3.23. The molecule has 12 heavy (non-hydrogen) atoms. The number of rotatable bonds is 2. The first-order chi connectivity index (χ1) is 5.86. The van der Waals surface area contributed by atoms with Gasteiger partial charge in [0.15, 0.2) is 0 Å². The summed E-state index contributed by atoms with van der Waals surface area (Å²) in [6.07, 6.45) is 0. The minimum atomic E-state index is 0.723. The van der Waals surface area contributed by atoms with Crippen LogP contribution in [0.25, 0.3) is 0 Å². The second-order valence-electron chi connectivity index (χ2n) is 1.80. The normalized spacial score (nSPS) is 8.08. The van der Waals surface area contributed by atoms with Crippen LogP contribution in [0.2, 0.25) is 0 Å². The second kappa shape index (κ2) is 7.57. The molecule has 0 amide bonds. The predicted molar refractivity (Wildman–Crippen MR) is 47.3 cm³/mol. The van der Waals surface area contributed by atoms with Gasteiger partial charge in [-0.3, -0.25) is 0 Å². The van der Waals surface area contributed by atoms with Gasteiger partial charge in [0.05, 0.1) is 14.2 Å². The van der Waals surface area contributed by atoms with Crippen molar-refractivity contribution in [3.8, 4) is 11.5 Å². The third kappa shape index (κ3) is 4.08. The molecule has 0 aromatic heterocycles. The Morgan fingerprint density at radius 3 is 2.25 bits per heavy atom. The molecule has 0 aliphatic carbocycles. The van der Waals surface area contributed by atoms with Crippen LogP contribution in [0.15, 0.2) is 18.2 Å².